The Morgan fingerprint density at radius 1 is 1.12 bits per heavy atom. The number of amides is 1. The number of hydrogen-bond acceptors (Lipinski definition) is 3. The second kappa shape index (κ2) is 7.90. The van der Waals surface area contributed by atoms with Gasteiger partial charge in [-0.1, -0.05) is 30.3 Å². The lowest BCUT2D eigenvalue weighted by molar-refractivity contribution is -0.136. The van der Waals surface area contributed by atoms with E-state index in [1.807, 2.05) is 35.2 Å². The van der Waals surface area contributed by atoms with Gasteiger partial charge in [-0.3, -0.25) is 4.79 Å². The minimum atomic E-state index is -4.50. The van der Waals surface area contributed by atoms with Gasteiger partial charge in [0.1, 0.15) is 6.54 Å². The highest BCUT2D eigenvalue weighted by atomic mass is 19.4. The Morgan fingerprint density at radius 3 is 2.56 bits per heavy atom. The molecular weight excluding hydrogens is 417 g/mol. The summed E-state index contributed by atoms with van der Waals surface area (Å²) >= 11 is 0. The van der Waals surface area contributed by atoms with Crippen LogP contribution in [-0.2, 0) is 17.5 Å². The molecular formula is C24H25F3N4O. The Labute approximate surface area is 184 Å². The van der Waals surface area contributed by atoms with E-state index in [-0.39, 0.29) is 41.1 Å². The maximum absolute atomic E-state index is 13.8. The molecule has 2 aliphatic rings. The normalized spacial score (nSPS) is 19.5. The number of nitrogens with zero attached hydrogens (tertiary/aromatic N) is 4. The van der Waals surface area contributed by atoms with Crippen molar-refractivity contribution in [2.45, 2.75) is 63.7 Å². The maximum Gasteiger partial charge on any atom is 0.417 e. The predicted octanol–water partition coefficient (Wildman–Crippen LogP) is 5.39. The van der Waals surface area contributed by atoms with Crippen LogP contribution in [0.25, 0.3) is 11.0 Å². The first-order chi connectivity index (χ1) is 15.3. The number of piperidine rings is 1. The quantitative estimate of drug-likeness (QED) is 0.544. The number of rotatable bonds is 4. The van der Waals surface area contributed by atoms with Gasteiger partial charge in [-0.2, -0.15) is 18.3 Å². The first-order valence-corrected chi connectivity index (χ1v) is 11.1. The molecule has 1 aliphatic carbocycles. The van der Waals surface area contributed by atoms with E-state index < -0.39 is 11.7 Å². The van der Waals surface area contributed by atoms with Crippen LogP contribution < -0.4 is 0 Å². The fourth-order valence-corrected chi connectivity index (χ4v) is 4.77. The van der Waals surface area contributed by atoms with Crippen molar-refractivity contribution in [2.24, 2.45) is 0 Å². The van der Waals surface area contributed by atoms with Gasteiger partial charge in [0.15, 0.2) is 5.65 Å². The lowest BCUT2D eigenvalue weighted by atomic mass is 9.95. The number of aryl methyl sites for hydroxylation is 1. The second-order valence-electron chi connectivity index (χ2n) is 8.82. The average molecular weight is 442 g/mol. The Morgan fingerprint density at radius 2 is 1.88 bits per heavy atom. The summed E-state index contributed by atoms with van der Waals surface area (Å²) in [5, 5.41) is 4.32. The Bertz CT molecular complexity index is 1150. The molecule has 1 unspecified atom stereocenters. The van der Waals surface area contributed by atoms with Crippen molar-refractivity contribution in [3.63, 3.8) is 0 Å². The summed E-state index contributed by atoms with van der Waals surface area (Å²) in [6.45, 7) is 2.06. The average Bonchev–Trinajstić information content (AvgIpc) is 3.59. The van der Waals surface area contributed by atoms with Crippen molar-refractivity contribution < 1.29 is 18.0 Å². The van der Waals surface area contributed by atoms with E-state index in [0.717, 1.165) is 43.7 Å². The fraction of sp³-hybridized carbons (Fsp3) is 0.458. The van der Waals surface area contributed by atoms with Gasteiger partial charge in [0.25, 0.3) is 0 Å². The van der Waals surface area contributed by atoms with Gasteiger partial charge < -0.3 is 4.90 Å². The number of alkyl halides is 3. The van der Waals surface area contributed by atoms with E-state index >= 15 is 0 Å². The van der Waals surface area contributed by atoms with Crippen molar-refractivity contribution in [1.82, 2.24) is 19.7 Å². The molecule has 1 aliphatic heterocycles. The maximum atomic E-state index is 13.8. The molecule has 5 nitrogen and oxygen atoms in total. The summed E-state index contributed by atoms with van der Waals surface area (Å²) in [5.41, 5.74) is 1.21. The molecule has 2 aromatic heterocycles. The number of likely N-dealkylation sites (tertiary alicyclic amines) is 1. The van der Waals surface area contributed by atoms with E-state index in [4.69, 9.17) is 0 Å². The zero-order valence-electron chi connectivity index (χ0n) is 17.9. The van der Waals surface area contributed by atoms with Crippen LogP contribution >= 0.6 is 0 Å². The number of fused-ring (bicyclic) bond motifs is 1. The van der Waals surface area contributed by atoms with E-state index in [1.165, 1.54) is 4.68 Å². The largest absolute Gasteiger partial charge is 0.417 e. The Kier molecular flexibility index (Phi) is 5.18. The van der Waals surface area contributed by atoms with Gasteiger partial charge in [-0.15, -0.1) is 0 Å². The lowest BCUT2D eigenvalue weighted by Crippen LogP contribution is -2.40. The number of aromatic nitrogens is 3. The van der Waals surface area contributed by atoms with Crippen molar-refractivity contribution >= 4 is 16.9 Å². The standard InChI is InChI=1S/C24H25F3N4O/c1-15-22-18(24(25,26)27)13-19(16-10-11-16)28-23(22)31(29-15)14-21(32)30-12-6-5-9-20(30)17-7-3-2-4-8-17/h2-4,7-8,13,16,20H,5-6,9-12,14H2,1H3. The van der Waals surface area contributed by atoms with Crippen LogP contribution in [0.3, 0.4) is 0 Å². The Balaban J connectivity index is 1.51. The fourth-order valence-electron chi connectivity index (χ4n) is 4.77. The van der Waals surface area contributed by atoms with Crippen molar-refractivity contribution in [2.75, 3.05) is 6.54 Å². The molecule has 1 aromatic carbocycles. The lowest BCUT2D eigenvalue weighted by Gasteiger charge is -2.36. The van der Waals surface area contributed by atoms with Crippen molar-refractivity contribution in [3.8, 4) is 0 Å². The summed E-state index contributed by atoms with van der Waals surface area (Å²) in [6, 6.07) is 11.0. The first kappa shape index (κ1) is 21.0. The summed E-state index contributed by atoms with van der Waals surface area (Å²) in [5.74, 6) is -0.0838. The van der Waals surface area contributed by atoms with E-state index in [0.29, 0.717) is 12.2 Å². The molecule has 1 saturated carbocycles. The van der Waals surface area contributed by atoms with Crippen LogP contribution in [0.2, 0.25) is 0 Å². The van der Waals surface area contributed by atoms with Crippen molar-refractivity contribution in [1.29, 1.82) is 0 Å². The zero-order chi connectivity index (χ0) is 22.5. The third-order valence-electron chi connectivity index (χ3n) is 6.49. The van der Waals surface area contributed by atoms with Gasteiger partial charge in [0.05, 0.1) is 22.7 Å². The third kappa shape index (κ3) is 3.87. The van der Waals surface area contributed by atoms with Gasteiger partial charge in [0, 0.05) is 18.2 Å². The van der Waals surface area contributed by atoms with Crippen LogP contribution in [0, 0.1) is 6.92 Å². The Hall–Kier alpha value is -2.90. The van der Waals surface area contributed by atoms with Crippen LogP contribution in [-0.4, -0.2) is 32.1 Å². The molecule has 0 radical (unpaired) electrons. The van der Waals surface area contributed by atoms with Gasteiger partial charge in [-0.05, 0) is 50.7 Å². The minimum absolute atomic E-state index is 0.00652. The van der Waals surface area contributed by atoms with Crippen molar-refractivity contribution in [3.05, 3.63) is 58.9 Å². The molecule has 3 heterocycles. The van der Waals surface area contributed by atoms with Crippen LogP contribution in [0.4, 0.5) is 13.2 Å². The monoisotopic (exact) mass is 442 g/mol. The van der Waals surface area contributed by atoms with Gasteiger partial charge in [-0.25, -0.2) is 9.67 Å². The molecule has 0 bridgehead atoms. The summed E-state index contributed by atoms with van der Waals surface area (Å²) < 4.78 is 42.8. The molecule has 1 saturated heterocycles. The van der Waals surface area contributed by atoms with Gasteiger partial charge >= 0.3 is 6.18 Å². The van der Waals surface area contributed by atoms with Crippen LogP contribution in [0.5, 0.6) is 0 Å². The zero-order valence-corrected chi connectivity index (χ0v) is 17.9. The number of pyridine rings is 1. The number of carbonyl (C=O) groups excluding carboxylic acids is 1. The predicted molar refractivity (Wildman–Crippen MR) is 114 cm³/mol. The highest BCUT2D eigenvalue weighted by Crippen LogP contribution is 2.43. The molecule has 1 atom stereocenters. The number of carbonyl (C=O) groups is 1. The minimum Gasteiger partial charge on any atom is -0.334 e. The molecule has 168 valence electrons. The smallest absolute Gasteiger partial charge is 0.334 e. The number of hydrogen-bond donors (Lipinski definition) is 0. The molecule has 8 heteroatoms. The number of benzene rings is 1. The highest BCUT2D eigenvalue weighted by Gasteiger charge is 2.38. The van der Waals surface area contributed by atoms with E-state index in [1.54, 1.807) is 6.92 Å². The molecule has 3 aromatic rings. The van der Waals surface area contributed by atoms with Crippen LogP contribution in [0.15, 0.2) is 36.4 Å². The molecule has 1 amide bonds. The molecule has 32 heavy (non-hydrogen) atoms. The molecule has 0 spiro atoms. The topological polar surface area (TPSA) is 51.0 Å². The molecule has 0 N–H and O–H groups in total. The first-order valence-electron chi connectivity index (χ1n) is 11.1. The molecule has 5 rings (SSSR count). The number of halogens is 3. The van der Waals surface area contributed by atoms with Crippen LogP contribution in [0.1, 0.15) is 66.6 Å². The third-order valence-corrected chi connectivity index (χ3v) is 6.49. The molecule has 2 fully saturated rings. The summed E-state index contributed by atoms with van der Waals surface area (Å²) in [4.78, 5) is 19.7. The van der Waals surface area contributed by atoms with E-state index in [2.05, 4.69) is 10.1 Å². The SMILES string of the molecule is Cc1nn(CC(=O)N2CCCCC2c2ccccc2)c2nc(C3CC3)cc(C(F)(F)F)c12. The second-order valence-corrected chi connectivity index (χ2v) is 8.82. The summed E-state index contributed by atoms with van der Waals surface area (Å²) in [7, 11) is 0. The highest BCUT2D eigenvalue weighted by molar-refractivity contribution is 5.85. The van der Waals surface area contributed by atoms with Gasteiger partial charge in [0.2, 0.25) is 5.91 Å². The van der Waals surface area contributed by atoms with E-state index in [9.17, 15) is 18.0 Å². The summed E-state index contributed by atoms with van der Waals surface area (Å²) in [6.07, 6.45) is 0.00307.